The van der Waals surface area contributed by atoms with Crippen molar-refractivity contribution in [2.75, 3.05) is 17.2 Å². The average Bonchev–Trinajstić information content (AvgIpc) is 3.07. The van der Waals surface area contributed by atoms with Gasteiger partial charge in [0, 0.05) is 30.0 Å². The van der Waals surface area contributed by atoms with Crippen molar-refractivity contribution in [1.82, 2.24) is 19.4 Å². The van der Waals surface area contributed by atoms with Gasteiger partial charge in [-0.25, -0.2) is 9.97 Å². The number of imidazole rings is 1. The highest BCUT2D eigenvalue weighted by atomic mass is 32.1. The number of nitrogens with zero attached hydrogens (tertiary/aromatic N) is 4. The highest BCUT2D eigenvalue weighted by molar-refractivity contribution is 7.09. The third kappa shape index (κ3) is 2.50. The van der Waals surface area contributed by atoms with E-state index < -0.39 is 0 Å². The zero-order chi connectivity index (χ0) is 13.1. The number of fused-ring (bicyclic) bond motifs is 1. The molecule has 6 nitrogen and oxygen atoms in total. The second kappa shape index (κ2) is 5.23. The van der Waals surface area contributed by atoms with Gasteiger partial charge in [0.1, 0.15) is 5.82 Å². The molecule has 3 aromatic heterocycles. The summed E-state index contributed by atoms with van der Waals surface area (Å²) in [6.07, 6.45) is 7.47. The summed E-state index contributed by atoms with van der Waals surface area (Å²) in [6.45, 7) is 3.58. The van der Waals surface area contributed by atoms with Crippen molar-refractivity contribution in [1.29, 1.82) is 0 Å². The van der Waals surface area contributed by atoms with Crippen LogP contribution in [-0.2, 0) is 6.54 Å². The first-order chi connectivity index (χ1) is 9.36. The predicted molar refractivity (Wildman–Crippen MR) is 76.6 cm³/mol. The molecule has 0 aliphatic rings. The number of nitrogens with one attached hydrogen (secondary N) is 2. The first-order valence-electron chi connectivity index (χ1n) is 6.05. The number of anilines is 2. The number of thiazole rings is 1. The minimum Gasteiger partial charge on any atom is -0.369 e. The van der Waals surface area contributed by atoms with Crippen LogP contribution in [0.2, 0.25) is 0 Å². The predicted octanol–water partition coefficient (Wildman–Crippen LogP) is 2.23. The summed E-state index contributed by atoms with van der Waals surface area (Å²) in [6, 6.07) is 0. The molecule has 3 heterocycles. The maximum atomic E-state index is 4.54. The van der Waals surface area contributed by atoms with Crippen molar-refractivity contribution in [3.63, 3.8) is 0 Å². The lowest BCUT2D eigenvalue weighted by molar-refractivity contribution is 1.06. The van der Waals surface area contributed by atoms with Crippen molar-refractivity contribution in [3.8, 4) is 0 Å². The fourth-order valence-corrected chi connectivity index (χ4v) is 2.35. The lowest BCUT2D eigenvalue weighted by atomic mass is 10.5. The molecular weight excluding hydrogens is 260 g/mol. The molecule has 0 aliphatic heterocycles. The summed E-state index contributed by atoms with van der Waals surface area (Å²) >= 11 is 1.62. The fraction of sp³-hybridized carbons (Fsp3) is 0.250. The molecule has 0 atom stereocenters. The van der Waals surface area contributed by atoms with Crippen molar-refractivity contribution in [2.24, 2.45) is 0 Å². The second-order valence-electron chi connectivity index (χ2n) is 3.98. The van der Waals surface area contributed by atoms with E-state index in [2.05, 4.69) is 25.6 Å². The second-order valence-corrected chi connectivity index (χ2v) is 4.96. The van der Waals surface area contributed by atoms with Gasteiger partial charge in [-0.1, -0.05) is 0 Å². The summed E-state index contributed by atoms with van der Waals surface area (Å²) in [5.74, 6) is 1.61. The van der Waals surface area contributed by atoms with Crippen LogP contribution >= 0.6 is 11.3 Å². The highest BCUT2D eigenvalue weighted by Crippen LogP contribution is 2.17. The molecule has 2 N–H and O–H groups in total. The van der Waals surface area contributed by atoms with Crippen LogP contribution in [0, 0.1) is 0 Å². The molecule has 98 valence electrons. The Bertz CT molecular complexity index is 660. The molecule has 0 amide bonds. The number of rotatable bonds is 5. The van der Waals surface area contributed by atoms with Gasteiger partial charge in [-0.2, -0.15) is 0 Å². The molecule has 0 aliphatic carbocycles. The Balaban J connectivity index is 1.89. The minimum absolute atomic E-state index is 0.704. The highest BCUT2D eigenvalue weighted by Gasteiger charge is 2.07. The molecular formula is C12H14N6S. The molecule has 0 spiro atoms. The first-order valence-corrected chi connectivity index (χ1v) is 6.93. The van der Waals surface area contributed by atoms with Crippen molar-refractivity contribution < 1.29 is 0 Å². The Labute approximate surface area is 114 Å². The van der Waals surface area contributed by atoms with E-state index in [1.807, 2.05) is 35.4 Å². The SMILES string of the molecule is CCNc1cn2ccnc2c(NCc2cncs2)n1. The van der Waals surface area contributed by atoms with Crippen LogP contribution in [0.5, 0.6) is 0 Å². The average molecular weight is 274 g/mol. The van der Waals surface area contributed by atoms with Crippen molar-refractivity contribution in [2.45, 2.75) is 13.5 Å². The standard InChI is InChI=1S/C12H14N6S/c1-2-14-10-7-18-4-3-15-12(18)11(17-10)16-6-9-5-13-8-19-9/h3-5,7-8,14H,2,6H2,1H3,(H,16,17). The molecule has 19 heavy (non-hydrogen) atoms. The van der Waals surface area contributed by atoms with Gasteiger partial charge >= 0.3 is 0 Å². The minimum atomic E-state index is 0.704. The Hall–Kier alpha value is -2.15. The topological polar surface area (TPSA) is 67.1 Å². The molecule has 0 radical (unpaired) electrons. The van der Waals surface area contributed by atoms with Crippen LogP contribution in [0.4, 0.5) is 11.6 Å². The number of hydrogen-bond donors (Lipinski definition) is 2. The van der Waals surface area contributed by atoms with Gasteiger partial charge in [-0.15, -0.1) is 11.3 Å². The van der Waals surface area contributed by atoms with Crippen LogP contribution in [-0.4, -0.2) is 25.9 Å². The van der Waals surface area contributed by atoms with Gasteiger partial charge < -0.3 is 15.0 Å². The molecule has 0 saturated carbocycles. The van der Waals surface area contributed by atoms with Crippen LogP contribution in [0.3, 0.4) is 0 Å². The fourth-order valence-electron chi connectivity index (χ4n) is 1.82. The monoisotopic (exact) mass is 274 g/mol. The lowest BCUT2D eigenvalue weighted by Gasteiger charge is -2.09. The molecule has 0 aromatic carbocycles. The Kier molecular flexibility index (Phi) is 3.28. The largest absolute Gasteiger partial charge is 0.369 e. The number of aromatic nitrogens is 4. The lowest BCUT2D eigenvalue weighted by Crippen LogP contribution is -2.07. The summed E-state index contributed by atoms with van der Waals surface area (Å²) in [5, 5.41) is 6.52. The zero-order valence-electron chi connectivity index (χ0n) is 10.5. The van der Waals surface area contributed by atoms with Gasteiger partial charge in [-0.3, -0.25) is 4.98 Å². The summed E-state index contributed by atoms with van der Waals surface area (Å²) < 4.78 is 1.96. The summed E-state index contributed by atoms with van der Waals surface area (Å²) in [5.41, 5.74) is 2.65. The molecule has 7 heteroatoms. The maximum absolute atomic E-state index is 4.54. The van der Waals surface area contributed by atoms with Crippen LogP contribution in [0.15, 0.2) is 30.3 Å². The van der Waals surface area contributed by atoms with E-state index in [4.69, 9.17) is 0 Å². The van der Waals surface area contributed by atoms with E-state index in [-0.39, 0.29) is 0 Å². The summed E-state index contributed by atoms with van der Waals surface area (Å²) in [4.78, 5) is 14.1. The Morgan fingerprint density at radius 1 is 1.37 bits per heavy atom. The van der Waals surface area contributed by atoms with E-state index >= 15 is 0 Å². The third-order valence-electron chi connectivity index (χ3n) is 2.65. The van der Waals surface area contributed by atoms with Gasteiger partial charge in [0.15, 0.2) is 11.5 Å². The molecule has 0 fully saturated rings. The third-order valence-corrected chi connectivity index (χ3v) is 3.43. The molecule has 3 rings (SSSR count). The van der Waals surface area contributed by atoms with E-state index in [1.165, 1.54) is 4.88 Å². The van der Waals surface area contributed by atoms with Crippen LogP contribution < -0.4 is 10.6 Å². The van der Waals surface area contributed by atoms with Crippen LogP contribution in [0.25, 0.3) is 5.65 Å². The van der Waals surface area contributed by atoms with Gasteiger partial charge in [0.25, 0.3) is 0 Å². The Morgan fingerprint density at radius 2 is 2.32 bits per heavy atom. The van der Waals surface area contributed by atoms with Gasteiger partial charge in [0.2, 0.25) is 0 Å². The van der Waals surface area contributed by atoms with Gasteiger partial charge in [-0.05, 0) is 6.92 Å². The van der Waals surface area contributed by atoms with Crippen molar-refractivity contribution in [3.05, 3.63) is 35.2 Å². The summed E-state index contributed by atoms with van der Waals surface area (Å²) in [7, 11) is 0. The van der Waals surface area contributed by atoms with Crippen LogP contribution in [0.1, 0.15) is 11.8 Å². The first kappa shape index (κ1) is 11.9. The quantitative estimate of drug-likeness (QED) is 0.747. The van der Waals surface area contributed by atoms with E-state index in [1.54, 1.807) is 17.5 Å². The number of hydrogen-bond acceptors (Lipinski definition) is 6. The molecule has 0 bridgehead atoms. The molecule has 0 unspecified atom stereocenters. The molecule has 0 saturated heterocycles. The molecule has 3 aromatic rings. The normalized spacial score (nSPS) is 10.8. The smallest absolute Gasteiger partial charge is 0.180 e. The zero-order valence-corrected chi connectivity index (χ0v) is 11.3. The van der Waals surface area contributed by atoms with E-state index in [0.717, 1.165) is 23.8 Å². The van der Waals surface area contributed by atoms with E-state index in [0.29, 0.717) is 6.54 Å². The van der Waals surface area contributed by atoms with Gasteiger partial charge in [0.05, 0.1) is 18.3 Å². The van der Waals surface area contributed by atoms with E-state index in [9.17, 15) is 0 Å². The van der Waals surface area contributed by atoms with Crippen molar-refractivity contribution >= 4 is 28.6 Å². The Morgan fingerprint density at radius 3 is 3.11 bits per heavy atom. The maximum Gasteiger partial charge on any atom is 0.180 e.